The molecule has 2 aromatic carbocycles. The van der Waals surface area contributed by atoms with Gasteiger partial charge in [-0.25, -0.2) is 9.59 Å². The van der Waals surface area contributed by atoms with Gasteiger partial charge >= 0.3 is 11.9 Å². The Balaban J connectivity index is 1.79. The second kappa shape index (κ2) is 9.74. The molecule has 1 aliphatic rings. The summed E-state index contributed by atoms with van der Waals surface area (Å²) in [5.41, 5.74) is 0.657. The van der Waals surface area contributed by atoms with Crippen molar-refractivity contribution in [1.29, 1.82) is 0 Å². The van der Waals surface area contributed by atoms with E-state index in [1.807, 2.05) is 6.07 Å². The van der Waals surface area contributed by atoms with Gasteiger partial charge in [-0.05, 0) is 36.8 Å². The molecule has 3 rings (SSSR count). The highest BCUT2D eigenvalue weighted by atomic mass is 35.5. The van der Waals surface area contributed by atoms with Crippen molar-refractivity contribution in [3.63, 3.8) is 0 Å². The van der Waals surface area contributed by atoms with Gasteiger partial charge in [-0.2, -0.15) is 0 Å². The number of carbonyl (C=O) groups excluding carboxylic acids is 3. The van der Waals surface area contributed by atoms with Crippen LogP contribution in [0.25, 0.3) is 6.08 Å². The molecular formula is C23H22ClNO7. The van der Waals surface area contributed by atoms with Crippen molar-refractivity contribution in [3.05, 3.63) is 58.6 Å². The number of amides is 1. The molecule has 8 nitrogen and oxygen atoms in total. The second-order valence-corrected chi connectivity index (χ2v) is 7.60. The van der Waals surface area contributed by atoms with Crippen LogP contribution in [0.4, 0.5) is 5.69 Å². The average Bonchev–Trinajstić information content (AvgIpc) is 2.71. The Labute approximate surface area is 190 Å². The number of cyclic esters (lactones) is 2. The summed E-state index contributed by atoms with van der Waals surface area (Å²) in [5, 5.41) is 2.88. The topological polar surface area (TPSA) is 100 Å². The molecule has 1 amide bonds. The molecule has 0 spiro atoms. The van der Waals surface area contributed by atoms with Crippen LogP contribution in [0.15, 0.2) is 48.0 Å². The van der Waals surface area contributed by atoms with Gasteiger partial charge in [0.1, 0.15) is 5.57 Å². The van der Waals surface area contributed by atoms with Crippen LogP contribution in [0, 0.1) is 0 Å². The normalized spacial score (nSPS) is 14.8. The number of benzene rings is 2. The Morgan fingerprint density at radius 3 is 2.31 bits per heavy atom. The van der Waals surface area contributed by atoms with Crippen LogP contribution in [0.3, 0.4) is 0 Å². The number of halogens is 1. The fourth-order valence-electron chi connectivity index (χ4n) is 2.84. The summed E-state index contributed by atoms with van der Waals surface area (Å²) in [5.74, 6) is -2.83. The third-order valence-corrected chi connectivity index (χ3v) is 4.52. The standard InChI is InChI=1S/C23H22ClNO7/c1-4-29-18-11-14(10-16-21(27)31-23(2,3)32-22(16)28)17(24)12-19(18)30-13-20(26)25-15-8-6-5-7-9-15/h5-12H,4,13H2,1-3H3,(H,25,26). The van der Waals surface area contributed by atoms with E-state index in [4.69, 9.17) is 30.5 Å². The first kappa shape index (κ1) is 23.1. The van der Waals surface area contributed by atoms with Crippen LogP contribution < -0.4 is 14.8 Å². The summed E-state index contributed by atoms with van der Waals surface area (Å²) in [7, 11) is 0. The summed E-state index contributed by atoms with van der Waals surface area (Å²) >= 11 is 6.33. The van der Waals surface area contributed by atoms with Gasteiger partial charge in [-0.3, -0.25) is 4.79 Å². The summed E-state index contributed by atoms with van der Waals surface area (Å²) < 4.78 is 21.4. The van der Waals surface area contributed by atoms with Gasteiger partial charge < -0.3 is 24.3 Å². The SMILES string of the molecule is CCOc1cc(C=C2C(=O)OC(C)(C)OC2=O)c(Cl)cc1OCC(=O)Nc1ccccc1. The number of hydrogen-bond donors (Lipinski definition) is 1. The molecule has 2 aromatic rings. The Morgan fingerprint density at radius 2 is 1.69 bits per heavy atom. The molecule has 0 aliphatic carbocycles. The Bertz CT molecular complexity index is 1040. The highest BCUT2D eigenvalue weighted by molar-refractivity contribution is 6.33. The minimum absolute atomic E-state index is 0.171. The van der Waals surface area contributed by atoms with E-state index in [-0.39, 0.29) is 34.6 Å². The lowest BCUT2D eigenvalue weighted by Gasteiger charge is -2.29. The molecule has 0 unspecified atom stereocenters. The number of ether oxygens (including phenoxy) is 4. The van der Waals surface area contributed by atoms with Crippen molar-refractivity contribution >= 4 is 41.2 Å². The molecule has 1 heterocycles. The molecule has 1 saturated heterocycles. The molecule has 0 radical (unpaired) electrons. The van der Waals surface area contributed by atoms with Gasteiger partial charge in [0.2, 0.25) is 0 Å². The van der Waals surface area contributed by atoms with Gasteiger partial charge in [0.15, 0.2) is 18.1 Å². The van der Waals surface area contributed by atoms with Crippen molar-refractivity contribution in [2.24, 2.45) is 0 Å². The van der Waals surface area contributed by atoms with Crippen molar-refractivity contribution in [1.82, 2.24) is 0 Å². The van der Waals surface area contributed by atoms with E-state index < -0.39 is 17.7 Å². The lowest BCUT2D eigenvalue weighted by atomic mass is 10.1. The smallest absolute Gasteiger partial charge is 0.348 e. The fourth-order valence-corrected chi connectivity index (χ4v) is 3.05. The van der Waals surface area contributed by atoms with Gasteiger partial charge in [-0.1, -0.05) is 29.8 Å². The Kier molecular flexibility index (Phi) is 7.05. The minimum Gasteiger partial charge on any atom is -0.490 e. The van der Waals surface area contributed by atoms with Crippen LogP contribution in [-0.4, -0.2) is 36.8 Å². The minimum atomic E-state index is -1.34. The Morgan fingerprint density at radius 1 is 1.06 bits per heavy atom. The van der Waals surface area contributed by atoms with Crippen molar-refractivity contribution < 1.29 is 33.3 Å². The van der Waals surface area contributed by atoms with Crippen LogP contribution >= 0.6 is 11.6 Å². The van der Waals surface area contributed by atoms with E-state index >= 15 is 0 Å². The van der Waals surface area contributed by atoms with E-state index in [1.165, 1.54) is 32.1 Å². The summed E-state index contributed by atoms with van der Waals surface area (Å²) in [6, 6.07) is 11.9. The van der Waals surface area contributed by atoms with E-state index in [2.05, 4.69) is 5.32 Å². The number of esters is 2. The van der Waals surface area contributed by atoms with Crippen molar-refractivity contribution in [2.75, 3.05) is 18.5 Å². The molecule has 1 fully saturated rings. The lowest BCUT2D eigenvalue weighted by molar-refractivity contribution is -0.222. The monoisotopic (exact) mass is 459 g/mol. The van der Waals surface area contributed by atoms with E-state index in [9.17, 15) is 14.4 Å². The van der Waals surface area contributed by atoms with Crippen LogP contribution in [0.5, 0.6) is 11.5 Å². The largest absolute Gasteiger partial charge is 0.490 e. The first-order valence-electron chi connectivity index (χ1n) is 9.81. The summed E-state index contributed by atoms with van der Waals surface area (Å²) in [4.78, 5) is 36.6. The zero-order valence-corrected chi connectivity index (χ0v) is 18.5. The molecule has 168 valence electrons. The number of nitrogens with one attached hydrogen (secondary N) is 1. The number of carbonyl (C=O) groups is 3. The van der Waals surface area contributed by atoms with Gasteiger partial charge in [0.05, 0.1) is 11.6 Å². The predicted molar refractivity (Wildman–Crippen MR) is 117 cm³/mol. The predicted octanol–water partition coefficient (Wildman–Crippen LogP) is 3.98. The molecule has 0 saturated carbocycles. The summed E-state index contributed by atoms with van der Waals surface area (Å²) in [6.45, 7) is 4.72. The number of rotatable bonds is 7. The molecule has 0 aromatic heterocycles. The Hall–Kier alpha value is -3.52. The zero-order valence-electron chi connectivity index (χ0n) is 17.8. The maximum absolute atomic E-state index is 12.2. The van der Waals surface area contributed by atoms with Crippen LogP contribution in [0.2, 0.25) is 5.02 Å². The van der Waals surface area contributed by atoms with E-state index in [1.54, 1.807) is 31.2 Å². The van der Waals surface area contributed by atoms with Gasteiger partial charge in [-0.15, -0.1) is 0 Å². The fraction of sp³-hybridized carbons (Fsp3) is 0.261. The number of anilines is 1. The third kappa shape index (κ3) is 5.79. The van der Waals surface area contributed by atoms with Gasteiger partial charge in [0, 0.05) is 25.6 Å². The molecule has 0 bridgehead atoms. The number of hydrogen-bond acceptors (Lipinski definition) is 7. The quantitative estimate of drug-likeness (QED) is 0.379. The first-order chi connectivity index (χ1) is 15.2. The highest BCUT2D eigenvalue weighted by Gasteiger charge is 2.39. The van der Waals surface area contributed by atoms with Gasteiger partial charge in [0.25, 0.3) is 11.7 Å². The maximum atomic E-state index is 12.2. The highest BCUT2D eigenvalue weighted by Crippen LogP contribution is 2.35. The zero-order chi connectivity index (χ0) is 23.3. The molecule has 9 heteroatoms. The molecule has 32 heavy (non-hydrogen) atoms. The maximum Gasteiger partial charge on any atom is 0.348 e. The molecule has 1 N–H and O–H groups in total. The number of para-hydroxylation sites is 1. The lowest BCUT2D eigenvalue weighted by Crippen LogP contribution is -2.41. The first-order valence-corrected chi connectivity index (χ1v) is 10.2. The van der Waals surface area contributed by atoms with E-state index in [0.717, 1.165) is 0 Å². The van der Waals surface area contributed by atoms with Crippen LogP contribution in [-0.2, 0) is 23.9 Å². The van der Waals surface area contributed by atoms with E-state index in [0.29, 0.717) is 17.9 Å². The molecule has 1 aliphatic heterocycles. The molecular weight excluding hydrogens is 438 g/mol. The van der Waals surface area contributed by atoms with Crippen molar-refractivity contribution in [3.8, 4) is 11.5 Å². The molecule has 0 atom stereocenters. The van der Waals surface area contributed by atoms with Crippen molar-refractivity contribution in [2.45, 2.75) is 26.6 Å². The second-order valence-electron chi connectivity index (χ2n) is 7.19. The van der Waals surface area contributed by atoms with Crippen LogP contribution in [0.1, 0.15) is 26.3 Å². The average molecular weight is 460 g/mol. The summed E-state index contributed by atoms with van der Waals surface area (Å²) in [6.07, 6.45) is 1.26. The third-order valence-electron chi connectivity index (χ3n) is 4.20.